The van der Waals surface area contributed by atoms with Crippen molar-refractivity contribution in [1.29, 1.82) is 0 Å². The quantitative estimate of drug-likeness (QED) is 0.416. The lowest BCUT2D eigenvalue weighted by Crippen LogP contribution is -2.14. The number of pyridine rings is 1. The molecule has 120 valence electrons. The second-order valence-corrected chi connectivity index (χ2v) is 5.69. The standard InChI is InChI=1S/C16H9Cl2N3O3/c17-10-5-6-13(14(8-10)21(23)24)20-16(22)11-7-9-3-1-2-4-12(9)19-15(11)18/h1-8H,(H,20,22). The van der Waals surface area contributed by atoms with E-state index in [1.165, 1.54) is 12.1 Å². The molecule has 8 heteroatoms. The van der Waals surface area contributed by atoms with Crippen molar-refractivity contribution in [1.82, 2.24) is 4.98 Å². The molecule has 0 saturated heterocycles. The number of hydrogen-bond acceptors (Lipinski definition) is 4. The van der Waals surface area contributed by atoms with Crippen LogP contribution in [0.1, 0.15) is 10.4 Å². The molecule has 0 saturated carbocycles. The van der Waals surface area contributed by atoms with Crippen molar-refractivity contribution < 1.29 is 9.72 Å². The van der Waals surface area contributed by atoms with E-state index >= 15 is 0 Å². The zero-order chi connectivity index (χ0) is 17.3. The number of rotatable bonds is 3. The van der Waals surface area contributed by atoms with Gasteiger partial charge < -0.3 is 5.32 Å². The van der Waals surface area contributed by atoms with Crippen molar-refractivity contribution in [2.24, 2.45) is 0 Å². The summed E-state index contributed by atoms with van der Waals surface area (Å²) < 4.78 is 0. The minimum atomic E-state index is -0.623. The number of carbonyl (C=O) groups excluding carboxylic acids is 1. The van der Waals surface area contributed by atoms with Gasteiger partial charge in [-0.1, -0.05) is 41.4 Å². The van der Waals surface area contributed by atoms with E-state index in [0.29, 0.717) is 5.52 Å². The number of aromatic nitrogens is 1. The molecule has 0 bridgehead atoms. The Hall–Kier alpha value is -2.70. The summed E-state index contributed by atoms with van der Waals surface area (Å²) in [5, 5.41) is 14.5. The minimum absolute atomic E-state index is 0.0165. The molecule has 6 nitrogen and oxygen atoms in total. The van der Waals surface area contributed by atoms with Gasteiger partial charge in [0.15, 0.2) is 0 Å². The molecule has 2 aromatic carbocycles. The Labute approximate surface area is 146 Å². The number of carbonyl (C=O) groups is 1. The van der Waals surface area contributed by atoms with Crippen LogP contribution >= 0.6 is 23.2 Å². The molecule has 0 spiro atoms. The maximum absolute atomic E-state index is 12.4. The van der Waals surface area contributed by atoms with Crippen molar-refractivity contribution in [3.8, 4) is 0 Å². The summed E-state index contributed by atoms with van der Waals surface area (Å²) in [6.07, 6.45) is 0. The minimum Gasteiger partial charge on any atom is -0.316 e. The molecule has 3 rings (SSSR count). The summed E-state index contributed by atoms with van der Waals surface area (Å²) >= 11 is 11.8. The number of nitro groups is 1. The molecule has 0 unspecified atom stereocenters. The molecule has 24 heavy (non-hydrogen) atoms. The van der Waals surface area contributed by atoms with Crippen LogP contribution in [0.3, 0.4) is 0 Å². The summed E-state index contributed by atoms with van der Waals surface area (Å²) in [6.45, 7) is 0. The SMILES string of the molecule is O=C(Nc1ccc(Cl)cc1[N+](=O)[O-])c1cc2ccccc2nc1Cl. The fraction of sp³-hybridized carbons (Fsp3) is 0. The average molecular weight is 362 g/mol. The van der Waals surface area contributed by atoms with Gasteiger partial charge in [-0.05, 0) is 24.3 Å². The predicted molar refractivity (Wildman–Crippen MR) is 92.8 cm³/mol. The Morgan fingerprint density at radius 1 is 1.12 bits per heavy atom. The Morgan fingerprint density at radius 3 is 2.62 bits per heavy atom. The fourth-order valence-electron chi connectivity index (χ4n) is 2.20. The molecular formula is C16H9Cl2N3O3. The molecule has 1 aromatic heterocycles. The molecule has 0 fully saturated rings. The maximum Gasteiger partial charge on any atom is 0.294 e. The molecule has 1 N–H and O–H groups in total. The van der Waals surface area contributed by atoms with E-state index in [-0.39, 0.29) is 27.1 Å². The van der Waals surface area contributed by atoms with Crippen LogP contribution < -0.4 is 5.32 Å². The van der Waals surface area contributed by atoms with Crippen LogP contribution in [0.4, 0.5) is 11.4 Å². The van der Waals surface area contributed by atoms with E-state index < -0.39 is 10.8 Å². The van der Waals surface area contributed by atoms with Crippen LogP contribution in [-0.2, 0) is 0 Å². The predicted octanol–water partition coefficient (Wildman–Crippen LogP) is 4.70. The molecule has 0 atom stereocenters. The van der Waals surface area contributed by atoms with Gasteiger partial charge in [-0.2, -0.15) is 0 Å². The smallest absolute Gasteiger partial charge is 0.294 e. The van der Waals surface area contributed by atoms with Gasteiger partial charge in [-0.15, -0.1) is 0 Å². The van der Waals surface area contributed by atoms with Gasteiger partial charge in [0.25, 0.3) is 11.6 Å². The van der Waals surface area contributed by atoms with Crippen molar-refractivity contribution in [3.05, 3.63) is 74.4 Å². The number of halogens is 2. The summed E-state index contributed by atoms with van der Waals surface area (Å²) in [5.74, 6) is -0.594. The third kappa shape index (κ3) is 3.15. The number of nitrogens with one attached hydrogen (secondary N) is 1. The third-order valence-corrected chi connectivity index (χ3v) is 3.85. The summed E-state index contributed by atoms with van der Waals surface area (Å²) in [7, 11) is 0. The monoisotopic (exact) mass is 361 g/mol. The zero-order valence-electron chi connectivity index (χ0n) is 12.0. The number of amides is 1. The molecule has 0 aliphatic heterocycles. The number of anilines is 1. The second-order valence-electron chi connectivity index (χ2n) is 4.89. The number of para-hydroxylation sites is 1. The summed E-state index contributed by atoms with van der Waals surface area (Å²) in [4.78, 5) is 27.1. The van der Waals surface area contributed by atoms with Gasteiger partial charge in [0, 0.05) is 16.5 Å². The molecule has 0 radical (unpaired) electrons. The lowest BCUT2D eigenvalue weighted by atomic mass is 10.1. The highest BCUT2D eigenvalue weighted by atomic mass is 35.5. The van der Waals surface area contributed by atoms with E-state index in [4.69, 9.17) is 23.2 Å². The summed E-state index contributed by atoms with van der Waals surface area (Å²) in [6, 6.07) is 12.7. The highest BCUT2D eigenvalue weighted by Gasteiger charge is 2.19. The van der Waals surface area contributed by atoms with Crippen LogP contribution in [-0.4, -0.2) is 15.8 Å². The fourth-order valence-corrected chi connectivity index (χ4v) is 2.60. The number of hydrogen-bond donors (Lipinski definition) is 1. The molecule has 0 aliphatic rings. The lowest BCUT2D eigenvalue weighted by molar-refractivity contribution is -0.383. The van der Waals surface area contributed by atoms with E-state index in [1.54, 1.807) is 18.2 Å². The Bertz CT molecular complexity index is 976. The first kappa shape index (κ1) is 16.2. The van der Waals surface area contributed by atoms with Gasteiger partial charge in [-0.3, -0.25) is 14.9 Å². The van der Waals surface area contributed by atoms with E-state index in [9.17, 15) is 14.9 Å². The third-order valence-electron chi connectivity index (χ3n) is 3.33. The number of fused-ring (bicyclic) bond motifs is 1. The van der Waals surface area contributed by atoms with Crippen molar-refractivity contribution in [2.75, 3.05) is 5.32 Å². The largest absolute Gasteiger partial charge is 0.316 e. The van der Waals surface area contributed by atoms with Crippen molar-refractivity contribution in [2.45, 2.75) is 0 Å². The number of nitro benzene ring substituents is 1. The Balaban J connectivity index is 1.99. The van der Waals surface area contributed by atoms with Crippen LogP contribution in [0.15, 0.2) is 48.5 Å². The van der Waals surface area contributed by atoms with Crippen molar-refractivity contribution >= 4 is 51.4 Å². The second kappa shape index (κ2) is 6.43. The molecule has 1 amide bonds. The lowest BCUT2D eigenvalue weighted by Gasteiger charge is -2.08. The highest BCUT2D eigenvalue weighted by Crippen LogP contribution is 2.29. The van der Waals surface area contributed by atoms with Gasteiger partial charge >= 0.3 is 0 Å². The van der Waals surface area contributed by atoms with Gasteiger partial charge in [-0.25, -0.2) is 4.98 Å². The first-order chi connectivity index (χ1) is 11.5. The Kier molecular flexibility index (Phi) is 4.33. The zero-order valence-corrected chi connectivity index (χ0v) is 13.5. The van der Waals surface area contributed by atoms with Gasteiger partial charge in [0.1, 0.15) is 10.8 Å². The van der Waals surface area contributed by atoms with E-state index in [2.05, 4.69) is 10.3 Å². The molecular weight excluding hydrogens is 353 g/mol. The number of benzene rings is 2. The summed E-state index contributed by atoms with van der Waals surface area (Å²) in [5.41, 5.74) is 0.496. The Morgan fingerprint density at radius 2 is 1.88 bits per heavy atom. The van der Waals surface area contributed by atoms with E-state index in [1.807, 2.05) is 12.1 Å². The van der Waals surface area contributed by atoms with Gasteiger partial charge in [0.05, 0.1) is 16.0 Å². The van der Waals surface area contributed by atoms with Crippen molar-refractivity contribution in [3.63, 3.8) is 0 Å². The topological polar surface area (TPSA) is 85.1 Å². The van der Waals surface area contributed by atoms with Crippen LogP contribution in [0, 0.1) is 10.1 Å². The first-order valence-corrected chi connectivity index (χ1v) is 7.52. The van der Waals surface area contributed by atoms with Gasteiger partial charge in [0.2, 0.25) is 0 Å². The van der Waals surface area contributed by atoms with Crippen LogP contribution in [0.25, 0.3) is 10.9 Å². The number of nitrogens with zero attached hydrogens (tertiary/aromatic N) is 2. The first-order valence-electron chi connectivity index (χ1n) is 6.76. The van der Waals surface area contributed by atoms with Crippen LogP contribution in [0.5, 0.6) is 0 Å². The average Bonchev–Trinajstić information content (AvgIpc) is 2.55. The normalized spacial score (nSPS) is 10.6. The molecule has 0 aliphatic carbocycles. The maximum atomic E-state index is 12.4. The van der Waals surface area contributed by atoms with Crippen LogP contribution in [0.2, 0.25) is 10.2 Å². The van der Waals surface area contributed by atoms with E-state index in [0.717, 1.165) is 11.5 Å². The molecule has 3 aromatic rings. The highest BCUT2D eigenvalue weighted by molar-refractivity contribution is 6.34. The molecule has 1 heterocycles.